The van der Waals surface area contributed by atoms with Gasteiger partial charge in [0.25, 0.3) is 0 Å². The molecular weight excluding hydrogens is 220 g/mol. The third kappa shape index (κ3) is 2.44. The number of rotatable bonds is 4. The molecule has 2 rings (SSSR count). The normalized spacial score (nSPS) is 12.6. The Bertz CT molecular complexity index is 440. The molecule has 0 aliphatic heterocycles. The molecule has 2 aromatic heterocycles. The highest BCUT2D eigenvalue weighted by molar-refractivity contribution is 7.09. The van der Waals surface area contributed by atoms with E-state index >= 15 is 0 Å². The topological polar surface area (TPSA) is 63.8 Å². The first-order valence-electron chi connectivity index (χ1n) is 5.06. The number of nitrogens with two attached hydrogens (primary N) is 1. The summed E-state index contributed by atoms with van der Waals surface area (Å²) in [6.45, 7) is 2.00. The molecule has 16 heavy (non-hydrogen) atoms. The van der Waals surface area contributed by atoms with Crippen molar-refractivity contribution in [2.24, 2.45) is 5.84 Å². The van der Waals surface area contributed by atoms with Gasteiger partial charge in [-0.25, -0.2) is 4.98 Å². The Morgan fingerprint density at radius 2 is 2.44 bits per heavy atom. The van der Waals surface area contributed by atoms with E-state index in [0.29, 0.717) is 0 Å². The zero-order valence-electron chi connectivity index (χ0n) is 9.05. The average molecular weight is 234 g/mol. The maximum absolute atomic E-state index is 5.59. The van der Waals surface area contributed by atoms with E-state index in [1.807, 2.05) is 30.8 Å². The van der Waals surface area contributed by atoms with Crippen LogP contribution in [0.5, 0.6) is 0 Å². The van der Waals surface area contributed by atoms with Crippen LogP contribution in [0.25, 0.3) is 0 Å². The van der Waals surface area contributed by atoms with Crippen molar-refractivity contribution in [1.82, 2.24) is 15.4 Å². The lowest BCUT2D eigenvalue weighted by molar-refractivity contribution is 0.556. The Kier molecular flexibility index (Phi) is 3.61. The van der Waals surface area contributed by atoms with Gasteiger partial charge in [-0.3, -0.25) is 16.3 Å². The van der Waals surface area contributed by atoms with Crippen LogP contribution in [0, 0.1) is 6.92 Å². The molecular formula is C11H14N4S. The molecule has 0 aromatic carbocycles. The molecule has 1 atom stereocenters. The first-order valence-corrected chi connectivity index (χ1v) is 5.94. The zero-order chi connectivity index (χ0) is 11.4. The molecule has 0 saturated carbocycles. The molecule has 2 heterocycles. The van der Waals surface area contributed by atoms with Gasteiger partial charge in [0.2, 0.25) is 0 Å². The van der Waals surface area contributed by atoms with Crippen LogP contribution in [-0.2, 0) is 6.42 Å². The van der Waals surface area contributed by atoms with Crippen molar-refractivity contribution >= 4 is 11.3 Å². The van der Waals surface area contributed by atoms with Crippen molar-refractivity contribution in [2.75, 3.05) is 0 Å². The molecule has 3 N–H and O–H groups in total. The van der Waals surface area contributed by atoms with Gasteiger partial charge >= 0.3 is 0 Å². The second kappa shape index (κ2) is 5.16. The number of nitrogens with zero attached hydrogens (tertiary/aromatic N) is 2. The number of thiazole rings is 1. The van der Waals surface area contributed by atoms with Gasteiger partial charge in [-0.05, 0) is 25.0 Å². The van der Waals surface area contributed by atoms with Crippen LogP contribution >= 0.6 is 11.3 Å². The van der Waals surface area contributed by atoms with E-state index in [4.69, 9.17) is 5.84 Å². The highest BCUT2D eigenvalue weighted by atomic mass is 32.1. The average Bonchev–Trinajstić information content (AvgIpc) is 2.74. The van der Waals surface area contributed by atoms with Crippen molar-refractivity contribution in [2.45, 2.75) is 19.4 Å². The smallest absolute Gasteiger partial charge is 0.0798 e. The SMILES string of the molecule is Cc1ncsc1C(Cc1cccnc1)NN. The van der Waals surface area contributed by atoms with Crippen LogP contribution in [0.2, 0.25) is 0 Å². The fraction of sp³-hybridized carbons (Fsp3) is 0.273. The molecule has 0 radical (unpaired) electrons. The second-order valence-electron chi connectivity index (χ2n) is 3.59. The number of aromatic nitrogens is 2. The van der Waals surface area contributed by atoms with E-state index < -0.39 is 0 Å². The molecule has 0 spiro atoms. The van der Waals surface area contributed by atoms with Gasteiger partial charge in [-0.1, -0.05) is 6.07 Å². The fourth-order valence-corrected chi connectivity index (χ4v) is 2.49. The number of aryl methyl sites for hydroxylation is 1. The molecule has 0 amide bonds. The summed E-state index contributed by atoms with van der Waals surface area (Å²) in [5.41, 5.74) is 6.89. The molecule has 5 heteroatoms. The quantitative estimate of drug-likeness (QED) is 0.623. The summed E-state index contributed by atoms with van der Waals surface area (Å²) in [4.78, 5) is 9.52. The molecule has 4 nitrogen and oxygen atoms in total. The van der Waals surface area contributed by atoms with E-state index in [2.05, 4.69) is 15.4 Å². The van der Waals surface area contributed by atoms with Crippen LogP contribution in [0.4, 0.5) is 0 Å². The van der Waals surface area contributed by atoms with Crippen LogP contribution in [0.3, 0.4) is 0 Å². The number of pyridine rings is 1. The number of hydrogen-bond donors (Lipinski definition) is 2. The summed E-state index contributed by atoms with van der Waals surface area (Å²) in [5.74, 6) is 5.59. The maximum Gasteiger partial charge on any atom is 0.0798 e. The lowest BCUT2D eigenvalue weighted by atomic mass is 10.1. The van der Waals surface area contributed by atoms with Gasteiger partial charge in [0.1, 0.15) is 0 Å². The predicted molar refractivity (Wildman–Crippen MR) is 64.9 cm³/mol. The Labute approximate surface area is 98.5 Å². The van der Waals surface area contributed by atoms with Gasteiger partial charge in [-0.2, -0.15) is 0 Å². The van der Waals surface area contributed by atoms with Crippen molar-refractivity contribution in [1.29, 1.82) is 0 Å². The Morgan fingerprint density at radius 3 is 3.00 bits per heavy atom. The van der Waals surface area contributed by atoms with Crippen molar-refractivity contribution in [3.05, 3.63) is 46.2 Å². The number of hydrazine groups is 1. The number of nitrogens with one attached hydrogen (secondary N) is 1. The van der Waals surface area contributed by atoms with Crippen LogP contribution in [0.1, 0.15) is 22.2 Å². The highest BCUT2D eigenvalue weighted by Gasteiger charge is 2.15. The third-order valence-corrected chi connectivity index (χ3v) is 3.51. The summed E-state index contributed by atoms with van der Waals surface area (Å²) < 4.78 is 0. The minimum Gasteiger partial charge on any atom is -0.271 e. The largest absolute Gasteiger partial charge is 0.271 e. The molecule has 0 saturated heterocycles. The highest BCUT2D eigenvalue weighted by Crippen LogP contribution is 2.23. The lowest BCUT2D eigenvalue weighted by Crippen LogP contribution is -2.29. The van der Waals surface area contributed by atoms with Crippen LogP contribution in [0.15, 0.2) is 30.0 Å². The maximum atomic E-state index is 5.59. The Hall–Kier alpha value is -1.30. The third-order valence-electron chi connectivity index (χ3n) is 2.46. The van der Waals surface area contributed by atoms with E-state index in [-0.39, 0.29) is 6.04 Å². The van der Waals surface area contributed by atoms with Crippen molar-refractivity contribution in [3.8, 4) is 0 Å². The molecule has 0 fully saturated rings. The van der Waals surface area contributed by atoms with Crippen LogP contribution in [-0.4, -0.2) is 9.97 Å². The minimum atomic E-state index is 0.108. The van der Waals surface area contributed by atoms with E-state index in [1.165, 1.54) is 10.4 Å². The van der Waals surface area contributed by atoms with Crippen molar-refractivity contribution < 1.29 is 0 Å². The van der Waals surface area contributed by atoms with E-state index in [9.17, 15) is 0 Å². The predicted octanol–water partition coefficient (Wildman–Crippen LogP) is 1.59. The first-order chi connectivity index (χ1) is 7.81. The van der Waals surface area contributed by atoms with Gasteiger partial charge < -0.3 is 0 Å². The van der Waals surface area contributed by atoms with E-state index in [1.54, 1.807) is 17.5 Å². The summed E-state index contributed by atoms with van der Waals surface area (Å²) in [6, 6.07) is 4.09. The molecule has 0 aliphatic carbocycles. The lowest BCUT2D eigenvalue weighted by Gasteiger charge is -2.14. The summed E-state index contributed by atoms with van der Waals surface area (Å²) in [7, 11) is 0. The van der Waals surface area contributed by atoms with E-state index in [0.717, 1.165) is 12.1 Å². The molecule has 2 aromatic rings. The molecule has 1 unspecified atom stereocenters. The molecule has 84 valence electrons. The second-order valence-corrected chi connectivity index (χ2v) is 4.47. The molecule has 0 bridgehead atoms. The van der Waals surface area contributed by atoms with Gasteiger partial charge in [0.05, 0.1) is 17.2 Å². The molecule has 0 aliphatic rings. The van der Waals surface area contributed by atoms with Gasteiger partial charge in [0.15, 0.2) is 0 Å². The first kappa shape index (κ1) is 11.2. The summed E-state index contributed by atoms with van der Waals surface area (Å²) >= 11 is 1.63. The minimum absolute atomic E-state index is 0.108. The number of hydrogen-bond acceptors (Lipinski definition) is 5. The summed E-state index contributed by atoms with van der Waals surface area (Å²) in [5, 5.41) is 0. The Balaban J connectivity index is 2.16. The zero-order valence-corrected chi connectivity index (χ0v) is 9.87. The standard InChI is InChI=1S/C11H14N4S/c1-8-11(16-7-14-8)10(15-12)5-9-3-2-4-13-6-9/h2-4,6-7,10,15H,5,12H2,1H3. The van der Waals surface area contributed by atoms with Crippen LogP contribution < -0.4 is 11.3 Å². The fourth-order valence-electron chi connectivity index (χ4n) is 1.63. The van der Waals surface area contributed by atoms with Gasteiger partial charge in [-0.15, -0.1) is 11.3 Å². The Morgan fingerprint density at radius 1 is 1.56 bits per heavy atom. The van der Waals surface area contributed by atoms with Crippen molar-refractivity contribution in [3.63, 3.8) is 0 Å². The monoisotopic (exact) mass is 234 g/mol. The van der Waals surface area contributed by atoms with Gasteiger partial charge in [0, 0.05) is 17.3 Å². The summed E-state index contributed by atoms with van der Waals surface area (Å²) in [6.07, 6.45) is 4.46.